The molecule has 0 saturated heterocycles. The van der Waals surface area contributed by atoms with Gasteiger partial charge in [-0.05, 0) is 47.6 Å². The van der Waals surface area contributed by atoms with Crippen LogP contribution in [-0.2, 0) is 0 Å². The van der Waals surface area contributed by atoms with Crippen LogP contribution in [-0.4, -0.2) is 38.3 Å². The van der Waals surface area contributed by atoms with Gasteiger partial charge in [0.05, 0.1) is 21.3 Å². The number of ether oxygens (including phenoxy) is 3. The SMILES string of the molecule is COc1cc(C(=O)NC(=S)NNC(=O)c2ccc(-c3ccccc3)cc2)cc(OC)c1OC. The van der Waals surface area contributed by atoms with Gasteiger partial charge in [-0.15, -0.1) is 0 Å². The van der Waals surface area contributed by atoms with Gasteiger partial charge >= 0.3 is 0 Å². The van der Waals surface area contributed by atoms with Gasteiger partial charge in [-0.3, -0.25) is 25.8 Å². The van der Waals surface area contributed by atoms with Gasteiger partial charge in [0.15, 0.2) is 16.6 Å². The molecule has 0 spiro atoms. The lowest BCUT2D eigenvalue weighted by molar-refractivity contribution is 0.0934. The van der Waals surface area contributed by atoms with E-state index < -0.39 is 11.8 Å². The number of hydrogen-bond acceptors (Lipinski definition) is 6. The minimum atomic E-state index is -0.520. The summed E-state index contributed by atoms with van der Waals surface area (Å²) < 4.78 is 15.7. The summed E-state index contributed by atoms with van der Waals surface area (Å²) in [5.41, 5.74) is 7.70. The van der Waals surface area contributed by atoms with E-state index in [0.717, 1.165) is 11.1 Å². The first-order valence-corrected chi connectivity index (χ1v) is 10.2. The molecule has 3 aromatic carbocycles. The smallest absolute Gasteiger partial charge is 0.269 e. The summed E-state index contributed by atoms with van der Waals surface area (Å²) in [7, 11) is 4.37. The molecule has 0 radical (unpaired) electrons. The molecule has 3 rings (SSSR count). The predicted octanol–water partition coefficient (Wildman–Crippen LogP) is 3.33. The summed E-state index contributed by atoms with van der Waals surface area (Å²) in [5, 5.41) is 2.41. The molecule has 0 aromatic heterocycles. The first kappa shape index (κ1) is 23.6. The molecule has 0 saturated carbocycles. The van der Waals surface area contributed by atoms with Gasteiger partial charge < -0.3 is 14.2 Å². The van der Waals surface area contributed by atoms with E-state index in [4.69, 9.17) is 26.4 Å². The summed E-state index contributed by atoms with van der Waals surface area (Å²) in [6.45, 7) is 0. The number of thiocarbonyl (C=S) groups is 1. The number of rotatable bonds is 6. The highest BCUT2D eigenvalue weighted by Gasteiger charge is 2.18. The minimum absolute atomic E-state index is 0.0805. The predicted molar refractivity (Wildman–Crippen MR) is 129 cm³/mol. The normalized spacial score (nSPS) is 10.0. The lowest BCUT2D eigenvalue weighted by Gasteiger charge is -2.15. The lowest BCUT2D eigenvalue weighted by Crippen LogP contribution is -2.48. The second kappa shape index (κ2) is 11.0. The van der Waals surface area contributed by atoms with E-state index in [2.05, 4.69) is 16.2 Å². The van der Waals surface area contributed by atoms with Crippen molar-refractivity contribution in [2.45, 2.75) is 0 Å². The Labute approximate surface area is 196 Å². The van der Waals surface area contributed by atoms with Crippen LogP contribution >= 0.6 is 12.2 Å². The number of carbonyl (C=O) groups is 2. The van der Waals surface area contributed by atoms with Gasteiger partial charge in [0.2, 0.25) is 5.75 Å². The Morgan fingerprint density at radius 1 is 0.697 bits per heavy atom. The number of nitrogens with one attached hydrogen (secondary N) is 3. The zero-order valence-electron chi connectivity index (χ0n) is 18.3. The molecule has 0 heterocycles. The maximum Gasteiger partial charge on any atom is 0.269 e. The standard InChI is InChI=1S/C24H23N3O5S/c1-30-19-13-18(14-20(31-2)21(19)32-3)22(28)25-24(33)27-26-23(29)17-11-9-16(10-12-17)15-7-5-4-6-8-15/h4-14H,1-3H3,(H,26,29)(H2,25,27,28,33). The Morgan fingerprint density at radius 2 is 1.27 bits per heavy atom. The topological polar surface area (TPSA) is 97.9 Å². The van der Waals surface area contributed by atoms with Crippen molar-refractivity contribution >= 4 is 29.1 Å². The van der Waals surface area contributed by atoms with E-state index >= 15 is 0 Å². The third-order valence-corrected chi connectivity index (χ3v) is 4.90. The maximum atomic E-state index is 12.6. The van der Waals surface area contributed by atoms with E-state index in [1.54, 1.807) is 12.1 Å². The summed E-state index contributed by atoms with van der Waals surface area (Å²) in [5.74, 6) is 0.0938. The number of amides is 2. The monoisotopic (exact) mass is 465 g/mol. The molecular formula is C24H23N3O5S. The first-order chi connectivity index (χ1) is 16.0. The number of hydrogen-bond donors (Lipinski definition) is 3. The Bertz CT molecular complexity index is 1130. The van der Waals surface area contributed by atoms with Crippen LogP contribution < -0.4 is 30.4 Å². The molecular weight excluding hydrogens is 442 g/mol. The zero-order valence-corrected chi connectivity index (χ0v) is 19.1. The van der Waals surface area contributed by atoms with Crippen molar-refractivity contribution in [2.75, 3.05) is 21.3 Å². The van der Waals surface area contributed by atoms with Crippen LogP contribution in [0.15, 0.2) is 66.7 Å². The molecule has 0 aliphatic heterocycles. The Morgan fingerprint density at radius 3 is 1.82 bits per heavy atom. The fourth-order valence-corrected chi connectivity index (χ4v) is 3.19. The third-order valence-electron chi connectivity index (χ3n) is 4.70. The van der Waals surface area contributed by atoms with Crippen molar-refractivity contribution in [3.05, 3.63) is 77.9 Å². The number of carbonyl (C=O) groups excluding carboxylic acids is 2. The molecule has 0 bridgehead atoms. The van der Waals surface area contributed by atoms with Crippen LogP contribution in [0, 0.1) is 0 Å². The third kappa shape index (κ3) is 5.78. The molecule has 0 unspecified atom stereocenters. The van der Waals surface area contributed by atoms with Crippen molar-refractivity contribution in [1.29, 1.82) is 0 Å². The van der Waals surface area contributed by atoms with Crippen molar-refractivity contribution in [3.63, 3.8) is 0 Å². The average Bonchev–Trinajstić information content (AvgIpc) is 2.86. The van der Waals surface area contributed by atoms with Crippen LogP contribution in [0.4, 0.5) is 0 Å². The van der Waals surface area contributed by atoms with Gasteiger partial charge in [0, 0.05) is 11.1 Å². The van der Waals surface area contributed by atoms with Gasteiger partial charge in [-0.25, -0.2) is 0 Å². The molecule has 0 aliphatic carbocycles. The quantitative estimate of drug-likeness (QED) is 0.379. The summed E-state index contributed by atoms with van der Waals surface area (Å²) in [6.07, 6.45) is 0. The molecule has 8 nitrogen and oxygen atoms in total. The zero-order chi connectivity index (χ0) is 23.8. The Balaban J connectivity index is 1.59. The highest BCUT2D eigenvalue weighted by atomic mass is 32.1. The number of benzene rings is 3. The van der Waals surface area contributed by atoms with E-state index in [0.29, 0.717) is 22.8 Å². The first-order valence-electron chi connectivity index (χ1n) is 9.84. The molecule has 0 atom stereocenters. The molecule has 33 heavy (non-hydrogen) atoms. The van der Waals surface area contributed by atoms with Crippen molar-refractivity contribution in [2.24, 2.45) is 0 Å². The fraction of sp³-hybridized carbons (Fsp3) is 0.125. The van der Waals surface area contributed by atoms with Crippen LogP contribution in [0.25, 0.3) is 11.1 Å². The van der Waals surface area contributed by atoms with Crippen LogP contribution in [0.3, 0.4) is 0 Å². The molecule has 9 heteroatoms. The highest BCUT2D eigenvalue weighted by Crippen LogP contribution is 2.38. The molecule has 0 fully saturated rings. The fourth-order valence-electron chi connectivity index (χ4n) is 3.05. The van der Waals surface area contributed by atoms with Gasteiger partial charge in [0.25, 0.3) is 11.8 Å². The molecule has 3 aromatic rings. The largest absolute Gasteiger partial charge is 0.493 e. The van der Waals surface area contributed by atoms with Crippen LogP contribution in [0.2, 0.25) is 0 Å². The van der Waals surface area contributed by atoms with E-state index in [-0.39, 0.29) is 10.7 Å². The molecule has 3 N–H and O–H groups in total. The second-order valence-corrected chi connectivity index (χ2v) is 7.13. The minimum Gasteiger partial charge on any atom is -0.493 e. The van der Waals surface area contributed by atoms with Gasteiger partial charge in [-0.2, -0.15) is 0 Å². The molecule has 2 amide bonds. The van der Waals surface area contributed by atoms with E-state index in [1.165, 1.54) is 33.5 Å². The van der Waals surface area contributed by atoms with Gasteiger partial charge in [-0.1, -0.05) is 42.5 Å². The highest BCUT2D eigenvalue weighted by molar-refractivity contribution is 7.80. The molecule has 0 aliphatic rings. The van der Waals surface area contributed by atoms with Crippen molar-refractivity contribution in [3.8, 4) is 28.4 Å². The van der Waals surface area contributed by atoms with Crippen LogP contribution in [0.1, 0.15) is 20.7 Å². The van der Waals surface area contributed by atoms with Gasteiger partial charge in [0.1, 0.15) is 0 Å². The average molecular weight is 466 g/mol. The van der Waals surface area contributed by atoms with Crippen LogP contribution in [0.5, 0.6) is 17.2 Å². The summed E-state index contributed by atoms with van der Waals surface area (Å²) in [4.78, 5) is 25.0. The molecule has 170 valence electrons. The summed E-state index contributed by atoms with van der Waals surface area (Å²) >= 11 is 5.11. The maximum absolute atomic E-state index is 12.6. The van der Waals surface area contributed by atoms with E-state index in [1.807, 2.05) is 42.5 Å². The lowest BCUT2D eigenvalue weighted by atomic mass is 10.0. The second-order valence-electron chi connectivity index (χ2n) is 6.72. The van der Waals surface area contributed by atoms with E-state index in [9.17, 15) is 9.59 Å². The number of hydrazine groups is 1. The summed E-state index contributed by atoms with van der Waals surface area (Å²) in [6, 6.07) is 19.9. The Kier molecular flexibility index (Phi) is 7.82. The van der Waals surface area contributed by atoms with Crippen molar-refractivity contribution < 1.29 is 23.8 Å². The number of methoxy groups -OCH3 is 3. The Hall–Kier alpha value is -4.11. The van der Waals surface area contributed by atoms with Crippen molar-refractivity contribution in [1.82, 2.24) is 16.2 Å².